The van der Waals surface area contributed by atoms with Crippen molar-refractivity contribution < 1.29 is 23.9 Å². The molecule has 0 N–H and O–H groups in total. The third-order valence-electron chi connectivity index (χ3n) is 6.94. The summed E-state index contributed by atoms with van der Waals surface area (Å²) < 4.78 is 11.0. The number of hydrogen-bond acceptors (Lipinski definition) is 5. The number of Topliss-reactive ketones (excluding diaryl/α,β-unsaturated/α-hetero) is 1. The molecule has 144 valence electrons. The second-order valence-corrected chi connectivity index (χ2v) is 8.52. The number of hydrogen-bond donors (Lipinski definition) is 0. The maximum absolute atomic E-state index is 12.6. The van der Waals surface area contributed by atoms with Gasteiger partial charge in [0.2, 0.25) is 0 Å². The quantitative estimate of drug-likeness (QED) is 0.588. The molecule has 5 heteroatoms. The molecule has 1 unspecified atom stereocenters. The molecule has 0 saturated heterocycles. The van der Waals surface area contributed by atoms with E-state index < -0.39 is 0 Å². The van der Waals surface area contributed by atoms with Crippen LogP contribution in [0.2, 0.25) is 0 Å². The first-order valence-electron chi connectivity index (χ1n) is 9.81. The molecule has 1 aromatic carbocycles. The van der Waals surface area contributed by atoms with Crippen LogP contribution in [0.25, 0.3) is 0 Å². The molecule has 5 atom stereocenters. The van der Waals surface area contributed by atoms with E-state index in [-0.39, 0.29) is 29.4 Å². The second kappa shape index (κ2) is 6.47. The van der Waals surface area contributed by atoms with Gasteiger partial charge in [0.1, 0.15) is 17.6 Å². The zero-order chi connectivity index (χ0) is 19.3. The van der Waals surface area contributed by atoms with Crippen LogP contribution >= 0.6 is 0 Å². The number of fused-ring (bicyclic) bond motifs is 5. The summed E-state index contributed by atoms with van der Waals surface area (Å²) in [5.74, 6) is 1.04. The Morgan fingerprint density at radius 1 is 1.11 bits per heavy atom. The summed E-state index contributed by atoms with van der Waals surface area (Å²) in [6.07, 6.45) is 3.74. The fourth-order valence-corrected chi connectivity index (χ4v) is 5.94. The summed E-state index contributed by atoms with van der Waals surface area (Å²) in [5.41, 5.74) is 1.95. The van der Waals surface area contributed by atoms with Crippen LogP contribution in [0.5, 0.6) is 5.75 Å². The third-order valence-corrected chi connectivity index (χ3v) is 6.94. The molecule has 0 amide bonds. The molecule has 0 aromatic heterocycles. The molecule has 0 heterocycles. The number of ketones is 1. The lowest BCUT2D eigenvalue weighted by atomic mass is 9.54. The Balaban J connectivity index is 1.74. The number of aryl methyl sites for hydroxylation is 1. The summed E-state index contributed by atoms with van der Waals surface area (Å²) >= 11 is 0. The van der Waals surface area contributed by atoms with E-state index in [4.69, 9.17) is 9.47 Å². The van der Waals surface area contributed by atoms with Gasteiger partial charge in [0.25, 0.3) is 0 Å². The van der Waals surface area contributed by atoms with Gasteiger partial charge in [-0.3, -0.25) is 14.4 Å². The predicted molar refractivity (Wildman–Crippen MR) is 98.3 cm³/mol. The van der Waals surface area contributed by atoms with E-state index in [9.17, 15) is 14.4 Å². The SMILES string of the molecule is CC(=O)Oc1ccc2c(c1)CC[C@@H]1[C@@H]2C(OC(C)=O)C[C@]2(C)C(=O)CC[C@@H]12. The van der Waals surface area contributed by atoms with Crippen LogP contribution in [-0.4, -0.2) is 23.8 Å². The largest absolute Gasteiger partial charge is 0.462 e. The number of ether oxygens (including phenoxy) is 2. The molecule has 2 fully saturated rings. The fraction of sp³-hybridized carbons (Fsp3) is 0.591. The molecule has 0 spiro atoms. The van der Waals surface area contributed by atoms with Crippen molar-refractivity contribution in [1.82, 2.24) is 0 Å². The Morgan fingerprint density at radius 2 is 1.89 bits per heavy atom. The highest BCUT2D eigenvalue weighted by atomic mass is 16.5. The normalized spacial score (nSPS) is 34.3. The number of carbonyl (C=O) groups excluding carboxylic acids is 3. The van der Waals surface area contributed by atoms with E-state index in [1.807, 2.05) is 18.2 Å². The first-order valence-corrected chi connectivity index (χ1v) is 9.81. The molecule has 3 aliphatic carbocycles. The van der Waals surface area contributed by atoms with Crippen molar-refractivity contribution >= 4 is 17.7 Å². The molecule has 3 aliphatic rings. The first-order chi connectivity index (χ1) is 12.8. The summed E-state index contributed by atoms with van der Waals surface area (Å²) in [7, 11) is 0. The highest BCUT2D eigenvalue weighted by molar-refractivity contribution is 5.87. The van der Waals surface area contributed by atoms with Crippen LogP contribution in [0.1, 0.15) is 63.5 Å². The summed E-state index contributed by atoms with van der Waals surface area (Å²) in [5, 5.41) is 0. The predicted octanol–water partition coefficient (Wildman–Crippen LogP) is 3.58. The molecular weight excluding hydrogens is 344 g/mol. The minimum absolute atomic E-state index is 0.105. The number of rotatable bonds is 2. The van der Waals surface area contributed by atoms with Crippen LogP contribution < -0.4 is 4.74 Å². The standard InChI is InChI=1S/C22H26O5/c1-12(23)26-15-5-7-16-14(10-15)4-6-17-18-8-9-20(25)22(18,3)11-19(21(16)17)27-13(2)24/h5,7,10,17-19,21H,4,6,8-9,11H2,1-3H3/t17-,18-,19?,21+,22-/m0/s1. The zero-order valence-electron chi connectivity index (χ0n) is 16.1. The van der Waals surface area contributed by atoms with Gasteiger partial charge in [-0.1, -0.05) is 13.0 Å². The summed E-state index contributed by atoms with van der Waals surface area (Å²) in [6, 6.07) is 5.77. The minimum Gasteiger partial charge on any atom is -0.462 e. The van der Waals surface area contributed by atoms with Gasteiger partial charge in [0.05, 0.1) is 0 Å². The van der Waals surface area contributed by atoms with E-state index in [1.54, 1.807) is 0 Å². The van der Waals surface area contributed by atoms with Crippen molar-refractivity contribution in [3.05, 3.63) is 29.3 Å². The molecule has 0 radical (unpaired) electrons. The zero-order valence-corrected chi connectivity index (χ0v) is 16.1. The third kappa shape index (κ3) is 2.97. The Hall–Kier alpha value is -2.17. The molecule has 2 saturated carbocycles. The van der Waals surface area contributed by atoms with Crippen molar-refractivity contribution in [1.29, 1.82) is 0 Å². The van der Waals surface area contributed by atoms with Gasteiger partial charge in [0, 0.05) is 31.6 Å². The van der Waals surface area contributed by atoms with Gasteiger partial charge in [-0.05, 0) is 60.8 Å². The van der Waals surface area contributed by atoms with Gasteiger partial charge in [-0.2, -0.15) is 0 Å². The Labute approximate surface area is 159 Å². The molecule has 4 rings (SSSR count). The van der Waals surface area contributed by atoms with Crippen molar-refractivity contribution in [3.8, 4) is 5.75 Å². The summed E-state index contributed by atoms with van der Waals surface area (Å²) in [4.78, 5) is 35.7. The number of carbonyl (C=O) groups is 3. The van der Waals surface area contributed by atoms with Crippen molar-refractivity contribution in [2.75, 3.05) is 0 Å². The van der Waals surface area contributed by atoms with Gasteiger partial charge in [0.15, 0.2) is 0 Å². The van der Waals surface area contributed by atoms with E-state index in [0.717, 1.165) is 24.8 Å². The van der Waals surface area contributed by atoms with E-state index in [1.165, 1.54) is 19.4 Å². The lowest BCUT2D eigenvalue weighted by Crippen LogP contribution is -2.50. The maximum Gasteiger partial charge on any atom is 0.308 e. The Kier molecular flexibility index (Phi) is 4.36. The monoisotopic (exact) mass is 370 g/mol. The van der Waals surface area contributed by atoms with Crippen LogP contribution in [0.15, 0.2) is 18.2 Å². The lowest BCUT2D eigenvalue weighted by molar-refractivity contribution is -0.158. The number of benzene rings is 1. The molecule has 5 nitrogen and oxygen atoms in total. The maximum atomic E-state index is 12.6. The van der Waals surface area contributed by atoms with Gasteiger partial charge < -0.3 is 9.47 Å². The van der Waals surface area contributed by atoms with Crippen molar-refractivity contribution in [2.24, 2.45) is 17.3 Å². The van der Waals surface area contributed by atoms with Gasteiger partial charge >= 0.3 is 11.9 Å². The van der Waals surface area contributed by atoms with Crippen LogP contribution in [0, 0.1) is 17.3 Å². The highest BCUT2D eigenvalue weighted by Crippen LogP contribution is 2.60. The molecule has 0 bridgehead atoms. The average Bonchev–Trinajstić information content (AvgIpc) is 2.88. The second-order valence-electron chi connectivity index (χ2n) is 8.52. The van der Waals surface area contributed by atoms with Crippen LogP contribution in [0.3, 0.4) is 0 Å². The Morgan fingerprint density at radius 3 is 2.59 bits per heavy atom. The summed E-state index contributed by atoms with van der Waals surface area (Å²) in [6.45, 7) is 4.90. The molecule has 27 heavy (non-hydrogen) atoms. The average molecular weight is 370 g/mol. The number of esters is 2. The van der Waals surface area contributed by atoms with E-state index in [0.29, 0.717) is 36.2 Å². The van der Waals surface area contributed by atoms with Crippen molar-refractivity contribution in [3.63, 3.8) is 0 Å². The van der Waals surface area contributed by atoms with Crippen molar-refractivity contribution in [2.45, 2.75) is 64.9 Å². The topological polar surface area (TPSA) is 69.7 Å². The fourth-order valence-electron chi connectivity index (χ4n) is 5.94. The molecular formula is C22H26O5. The highest BCUT2D eigenvalue weighted by Gasteiger charge is 2.58. The smallest absolute Gasteiger partial charge is 0.308 e. The minimum atomic E-state index is -0.379. The van der Waals surface area contributed by atoms with E-state index in [2.05, 4.69) is 6.92 Å². The van der Waals surface area contributed by atoms with E-state index >= 15 is 0 Å². The van der Waals surface area contributed by atoms with Gasteiger partial charge in [-0.15, -0.1) is 0 Å². The molecule has 1 aromatic rings. The van der Waals surface area contributed by atoms with Gasteiger partial charge in [-0.25, -0.2) is 0 Å². The lowest BCUT2D eigenvalue weighted by Gasteiger charge is -2.51. The van der Waals surface area contributed by atoms with Crippen LogP contribution in [0.4, 0.5) is 0 Å². The first kappa shape index (κ1) is 18.2. The Bertz CT molecular complexity index is 813. The molecule has 0 aliphatic heterocycles. The van der Waals surface area contributed by atoms with Crippen LogP contribution in [-0.2, 0) is 25.5 Å².